The van der Waals surface area contributed by atoms with Crippen LogP contribution in [0.2, 0.25) is 0 Å². The van der Waals surface area contributed by atoms with E-state index in [9.17, 15) is 0 Å². The number of hydrogen-bond acceptors (Lipinski definition) is 3. The summed E-state index contributed by atoms with van der Waals surface area (Å²) >= 11 is 0. The highest BCUT2D eigenvalue weighted by molar-refractivity contribution is 5.06. The molecule has 1 atom stereocenters. The van der Waals surface area contributed by atoms with Crippen molar-refractivity contribution in [3.05, 3.63) is 0 Å². The van der Waals surface area contributed by atoms with Crippen molar-refractivity contribution in [2.24, 2.45) is 0 Å². The summed E-state index contributed by atoms with van der Waals surface area (Å²) in [6.07, 6.45) is 6.98. The molecule has 0 saturated heterocycles. The Morgan fingerprint density at radius 1 is 1.16 bits per heavy atom. The molecule has 19 heavy (non-hydrogen) atoms. The van der Waals surface area contributed by atoms with Crippen LogP contribution in [0.4, 0.5) is 0 Å². The van der Waals surface area contributed by atoms with Gasteiger partial charge in [0.05, 0.1) is 13.2 Å². The zero-order valence-electron chi connectivity index (χ0n) is 12.8. The molecule has 1 N–H and O–H groups in total. The molecule has 0 bridgehead atoms. The number of ether oxygens (including phenoxy) is 2. The molecule has 0 radical (unpaired) electrons. The van der Waals surface area contributed by atoms with E-state index in [1.807, 2.05) is 7.05 Å². The van der Waals surface area contributed by atoms with Gasteiger partial charge in [-0.05, 0) is 46.6 Å². The first-order valence-corrected chi connectivity index (χ1v) is 7.51. The van der Waals surface area contributed by atoms with Gasteiger partial charge in [-0.3, -0.25) is 0 Å². The molecule has 1 unspecified atom stereocenters. The van der Waals surface area contributed by atoms with Gasteiger partial charge in [0.25, 0.3) is 0 Å². The van der Waals surface area contributed by atoms with E-state index in [2.05, 4.69) is 31.0 Å². The Kier molecular flexibility index (Phi) is 8.13. The Balaban J connectivity index is 2.03. The van der Waals surface area contributed by atoms with E-state index in [1.165, 1.54) is 19.3 Å². The van der Waals surface area contributed by atoms with Gasteiger partial charge < -0.3 is 14.8 Å². The van der Waals surface area contributed by atoms with Gasteiger partial charge in [0.1, 0.15) is 6.10 Å². The molecule has 0 aromatic heterocycles. The summed E-state index contributed by atoms with van der Waals surface area (Å²) in [5.74, 6) is 6.40. The van der Waals surface area contributed by atoms with Gasteiger partial charge in [-0.1, -0.05) is 12.3 Å². The average Bonchev–Trinajstić information content (AvgIpc) is 2.35. The Labute approximate surface area is 118 Å². The van der Waals surface area contributed by atoms with Crippen LogP contribution in [0.1, 0.15) is 52.4 Å². The van der Waals surface area contributed by atoms with E-state index in [0.29, 0.717) is 13.2 Å². The Morgan fingerprint density at radius 3 is 2.79 bits per heavy atom. The molecule has 110 valence electrons. The second-order valence-corrected chi connectivity index (χ2v) is 5.78. The Morgan fingerprint density at radius 2 is 2.00 bits per heavy atom. The van der Waals surface area contributed by atoms with E-state index < -0.39 is 0 Å². The second-order valence-electron chi connectivity index (χ2n) is 5.78. The third-order valence-corrected chi connectivity index (χ3v) is 3.63. The molecule has 3 nitrogen and oxygen atoms in total. The molecule has 0 fully saturated rings. The first kappa shape index (κ1) is 16.5. The van der Waals surface area contributed by atoms with Crippen molar-refractivity contribution in [3.63, 3.8) is 0 Å². The minimum absolute atomic E-state index is 0.123. The molecular weight excluding hydrogens is 238 g/mol. The van der Waals surface area contributed by atoms with Crippen LogP contribution >= 0.6 is 0 Å². The first-order chi connectivity index (χ1) is 9.14. The fourth-order valence-electron chi connectivity index (χ4n) is 1.91. The van der Waals surface area contributed by atoms with Gasteiger partial charge >= 0.3 is 0 Å². The average molecular weight is 267 g/mol. The predicted molar refractivity (Wildman–Crippen MR) is 79.2 cm³/mol. The maximum absolute atomic E-state index is 5.76. The van der Waals surface area contributed by atoms with E-state index in [-0.39, 0.29) is 11.6 Å². The highest BCUT2D eigenvalue weighted by Gasteiger charge is 2.13. The lowest BCUT2D eigenvalue weighted by Gasteiger charge is -2.23. The normalized spacial score (nSPS) is 20.3. The summed E-state index contributed by atoms with van der Waals surface area (Å²) in [4.78, 5) is 0. The number of rotatable bonds is 8. The highest BCUT2D eigenvalue weighted by Crippen LogP contribution is 2.11. The highest BCUT2D eigenvalue weighted by atomic mass is 16.5. The molecule has 0 heterocycles. The zero-order valence-corrected chi connectivity index (χ0v) is 12.8. The molecule has 0 saturated carbocycles. The van der Waals surface area contributed by atoms with Crippen LogP contribution in [-0.4, -0.2) is 38.5 Å². The zero-order chi connectivity index (χ0) is 14.0. The first-order valence-electron chi connectivity index (χ1n) is 7.51. The minimum atomic E-state index is 0.123. The maximum Gasteiger partial charge on any atom is 0.118 e. The third-order valence-electron chi connectivity index (χ3n) is 3.63. The lowest BCUT2D eigenvalue weighted by molar-refractivity contribution is 0.0184. The second kappa shape index (κ2) is 9.36. The van der Waals surface area contributed by atoms with Crippen LogP contribution < -0.4 is 5.32 Å². The summed E-state index contributed by atoms with van der Waals surface area (Å²) in [6, 6.07) is 0. The van der Waals surface area contributed by atoms with Gasteiger partial charge in [0.2, 0.25) is 0 Å². The van der Waals surface area contributed by atoms with Gasteiger partial charge in [-0.15, -0.1) is 5.92 Å². The Bertz CT molecular complexity index is 291. The van der Waals surface area contributed by atoms with Crippen molar-refractivity contribution in [3.8, 4) is 11.8 Å². The molecule has 1 aliphatic carbocycles. The molecular formula is C16H29NO2. The van der Waals surface area contributed by atoms with Crippen molar-refractivity contribution in [2.45, 2.75) is 64.0 Å². The topological polar surface area (TPSA) is 30.5 Å². The van der Waals surface area contributed by atoms with Crippen molar-refractivity contribution >= 4 is 0 Å². The van der Waals surface area contributed by atoms with Crippen LogP contribution in [0.25, 0.3) is 0 Å². The summed E-state index contributed by atoms with van der Waals surface area (Å²) in [5, 5.41) is 3.27. The quantitative estimate of drug-likeness (QED) is 0.542. The summed E-state index contributed by atoms with van der Waals surface area (Å²) in [7, 11) is 1.98. The van der Waals surface area contributed by atoms with Crippen molar-refractivity contribution < 1.29 is 9.47 Å². The van der Waals surface area contributed by atoms with E-state index >= 15 is 0 Å². The van der Waals surface area contributed by atoms with Crippen LogP contribution in [0.5, 0.6) is 0 Å². The van der Waals surface area contributed by atoms with Crippen molar-refractivity contribution in [1.29, 1.82) is 0 Å². The van der Waals surface area contributed by atoms with Crippen LogP contribution in [0.3, 0.4) is 0 Å². The lowest BCUT2D eigenvalue weighted by atomic mass is 10.0. The molecule has 1 aliphatic rings. The van der Waals surface area contributed by atoms with E-state index in [0.717, 1.165) is 25.9 Å². The van der Waals surface area contributed by atoms with Crippen molar-refractivity contribution in [2.75, 3.05) is 26.9 Å². The third kappa shape index (κ3) is 8.26. The van der Waals surface area contributed by atoms with E-state index in [1.54, 1.807) is 0 Å². The minimum Gasteiger partial charge on any atom is -0.379 e. The SMILES string of the molecule is CNC(C)(C)CCOCCOC1C#CCCCCC1. The summed E-state index contributed by atoms with van der Waals surface area (Å²) < 4.78 is 11.4. The van der Waals surface area contributed by atoms with Crippen LogP contribution in [0, 0.1) is 11.8 Å². The molecule has 3 heteroatoms. The van der Waals surface area contributed by atoms with Crippen molar-refractivity contribution in [1.82, 2.24) is 5.32 Å². The van der Waals surface area contributed by atoms with Gasteiger partial charge in [0.15, 0.2) is 0 Å². The smallest absolute Gasteiger partial charge is 0.118 e. The summed E-state index contributed by atoms with van der Waals surface area (Å²) in [5.41, 5.74) is 0.145. The lowest BCUT2D eigenvalue weighted by Crippen LogP contribution is -2.37. The molecule has 0 amide bonds. The molecule has 0 aromatic rings. The molecule has 1 rings (SSSR count). The summed E-state index contributed by atoms with van der Waals surface area (Å²) in [6.45, 7) is 6.44. The molecule has 0 aliphatic heterocycles. The molecule has 0 spiro atoms. The van der Waals surface area contributed by atoms with Gasteiger partial charge in [-0.25, -0.2) is 0 Å². The fraction of sp³-hybridized carbons (Fsp3) is 0.875. The van der Waals surface area contributed by atoms with Crippen LogP contribution in [-0.2, 0) is 9.47 Å². The van der Waals surface area contributed by atoms with Gasteiger partial charge in [0, 0.05) is 18.6 Å². The predicted octanol–water partition coefficient (Wildman–Crippen LogP) is 2.74. The van der Waals surface area contributed by atoms with Gasteiger partial charge in [-0.2, -0.15) is 0 Å². The maximum atomic E-state index is 5.76. The largest absolute Gasteiger partial charge is 0.379 e. The number of nitrogens with one attached hydrogen (secondary N) is 1. The number of hydrogen-bond donors (Lipinski definition) is 1. The van der Waals surface area contributed by atoms with E-state index in [4.69, 9.17) is 9.47 Å². The standard InChI is InChI=1S/C16H29NO2/c1-16(2,17-3)11-12-18-13-14-19-15-9-7-5-4-6-8-10-15/h15,17H,4-7,9,11-14H2,1-3H3. The monoisotopic (exact) mass is 267 g/mol. The Hall–Kier alpha value is -0.560. The fourth-order valence-corrected chi connectivity index (χ4v) is 1.91. The molecule has 0 aromatic carbocycles. The van der Waals surface area contributed by atoms with Crippen LogP contribution in [0.15, 0.2) is 0 Å².